The minimum atomic E-state index is 0.653. The van der Waals surface area contributed by atoms with Gasteiger partial charge in [-0.1, -0.05) is 0 Å². The molecule has 0 saturated carbocycles. The average molecular weight is 204 g/mol. The van der Waals surface area contributed by atoms with E-state index in [2.05, 4.69) is 6.07 Å². The normalized spacial score (nSPS) is 10.0. The summed E-state index contributed by atoms with van der Waals surface area (Å²) in [6.45, 7) is 0. The van der Waals surface area contributed by atoms with E-state index in [1.807, 2.05) is 12.1 Å². The van der Waals surface area contributed by atoms with Gasteiger partial charge in [-0.2, -0.15) is 5.26 Å². The SMILES string of the molecule is COc1cc(N)cc2sc(C#N)cc12. The molecule has 14 heavy (non-hydrogen) atoms. The predicted octanol–water partition coefficient (Wildman–Crippen LogP) is 2.36. The second-order valence-corrected chi connectivity index (χ2v) is 3.94. The summed E-state index contributed by atoms with van der Waals surface area (Å²) in [5.41, 5.74) is 6.35. The van der Waals surface area contributed by atoms with Crippen LogP contribution in [0.4, 0.5) is 5.69 Å². The maximum atomic E-state index is 8.76. The van der Waals surface area contributed by atoms with Gasteiger partial charge in [-0.3, -0.25) is 0 Å². The number of hydrogen-bond donors (Lipinski definition) is 1. The Morgan fingerprint density at radius 1 is 1.43 bits per heavy atom. The molecule has 3 nitrogen and oxygen atoms in total. The van der Waals surface area contributed by atoms with Crippen LogP contribution in [0.2, 0.25) is 0 Å². The number of thiophene rings is 1. The lowest BCUT2D eigenvalue weighted by Crippen LogP contribution is -1.87. The van der Waals surface area contributed by atoms with Crippen molar-refractivity contribution in [3.05, 3.63) is 23.1 Å². The lowest BCUT2D eigenvalue weighted by Gasteiger charge is -2.02. The van der Waals surface area contributed by atoms with Gasteiger partial charge in [0.1, 0.15) is 16.7 Å². The van der Waals surface area contributed by atoms with Crippen molar-refractivity contribution in [1.29, 1.82) is 5.26 Å². The Kier molecular flexibility index (Phi) is 2.02. The van der Waals surface area contributed by atoms with E-state index < -0.39 is 0 Å². The molecule has 70 valence electrons. The van der Waals surface area contributed by atoms with E-state index in [9.17, 15) is 0 Å². The number of nitrogen functional groups attached to an aromatic ring is 1. The summed E-state index contributed by atoms with van der Waals surface area (Å²) < 4.78 is 6.17. The van der Waals surface area contributed by atoms with Crippen molar-refractivity contribution < 1.29 is 4.74 Å². The van der Waals surface area contributed by atoms with Crippen molar-refractivity contribution >= 4 is 27.1 Å². The van der Waals surface area contributed by atoms with Gasteiger partial charge in [-0.25, -0.2) is 0 Å². The van der Waals surface area contributed by atoms with Gasteiger partial charge in [0.15, 0.2) is 0 Å². The highest BCUT2D eigenvalue weighted by atomic mass is 32.1. The van der Waals surface area contributed by atoms with Crippen LogP contribution in [-0.4, -0.2) is 7.11 Å². The van der Waals surface area contributed by atoms with Gasteiger partial charge in [0.05, 0.1) is 7.11 Å². The molecule has 4 heteroatoms. The average Bonchev–Trinajstić information content (AvgIpc) is 2.59. The first-order chi connectivity index (χ1) is 6.74. The third kappa shape index (κ3) is 1.28. The molecule has 0 spiro atoms. The van der Waals surface area contributed by atoms with Crippen molar-refractivity contribution in [2.24, 2.45) is 0 Å². The number of nitrogens with zero attached hydrogens (tertiary/aromatic N) is 1. The van der Waals surface area contributed by atoms with Gasteiger partial charge in [-0.05, 0) is 12.1 Å². The van der Waals surface area contributed by atoms with E-state index in [1.54, 1.807) is 13.2 Å². The fourth-order valence-electron chi connectivity index (χ4n) is 1.35. The van der Waals surface area contributed by atoms with Crippen molar-refractivity contribution in [3.63, 3.8) is 0 Å². The molecule has 0 fully saturated rings. The standard InChI is InChI=1S/C10H8N2OS/c1-13-9-2-6(12)3-10-8(9)4-7(5-11)14-10/h2-4H,12H2,1H3. The third-order valence-corrected chi connectivity index (χ3v) is 2.94. The zero-order valence-electron chi connectivity index (χ0n) is 7.57. The zero-order chi connectivity index (χ0) is 10.1. The quantitative estimate of drug-likeness (QED) is 0.725. The van der Waals surface area contributed by atoms with E-state index in [4.69, 9.17) is 15.7 Å². The second-order valence-electron chi connectivity index (χ2n) is 2.86. The van der Waals surface area contributed by atoms with Crippen LogP contribution in [0.15, 0.2) is 18.2 Å². The van der Waals surface area contributed by atoms with Crippen LogP contribution in [0, 0.1) is 11.3 Å². The first-order valence-corrected chi connectivity index (χ1v) is 4.83. The number of benzene rings is 1. The Labute approximate surface area is 85.3 Å². The molecule has 1 heterocycles. The maximum absolute atomic E-state index is 8.76. The molecule has 0 saturated heterocycles. The summed E-state index contributed by atoms with van der Waals surface area (Å²) in [6.07, 6.45) is 0. The van der Waals surface area contributed by atoms with Crippen molar-refractivity contribution in [1.82, 2.24) is 0 Å². The van der Waals surface area contributed by atoms with E-state index >= 15 is 0 Å². The third-order valence-electron chi connectivity index (χ3n) is 1.95. The van der Waals surface area contributed by atoms with Gasteiger partial charge in [0.2, 0.25) is 0 Å². The summed E-state index contributed by atoms with van der Waals surface area (Å²) >= 11 is 1.42. The van der Waals surface area contributed by atoms with Gasteiger partial charge >= 0.3 is 0 Å². The highest BCUT2D eigenvalue weighted by Crippen LogP contribution is 2.34. The number of nitriles is 1. The molecule has 0 unspecified atom stereocenters. The molecule has 2 N–H and O–H groups in total. The van der Waals surface area contributed by atoms with Gasteiger partial charge in [-0.15, -0.1) is 11.3 Å². The van der Waals surface area contributed by atoms with Gasteiger partial charge < -0.3 is 10.5 Å². The Hall–Kier alpha value is -1.73. The number of anilines is 1. The van der Waals surface area contributed by atoms with Crippen LogP contribution in [0.1, 0.15) is 4.88 Å². The fraction of sp³-hybridized carbons (Fsp3) is 0.100. The number of methoxy groups -OCH3 is 1. The zero-order valence-corrected chi connectivity index (χ0v) is 8.39. The summed E-state index contributed by atoms with van der Waals surface area (Å²) in [7, 11) is 1.60. The molecule has 0 aliphatic carbocycles. The highest BCUT2D eigenvalue weighted by molar-refractivity contribution is 7.19. The molecule has 1 aromatic carbocycles. The minimum absolute atomic E-state index is 0.653. The van der Waals surface area contributed by atoms with Crippen LogP contribution < -0.4 is 10.5 Å². The molecule has 0 aliphatic rings. The van der Waals surface area contributed by atoms with Crippen LogP contribution in [-0.2, 0) is 0 Å². The van der Waals surface area contributed by atoms with E-state index in [0.29, 0.717) is 10.6 Å². The molecule has 0 bridgehead atoms. The predicted molar refractivity (Wildman–Crippen MR) is 57.5 cm³/mol. The number of rotatable bonds is 1. The maximum Gasteiger partial charge on any atom is 0.129 e. The van der Waals surface area contributed by atoms with Crippen molar-refractivity contribution in [2.45, 2.75) is 0 Å². The minimum Gasteiger partial charge on any atom is -0.496 e. The second kappa shape index (κ2) is 3.20. The Bertz CT molecular complexity index is 525. The largest absolute Gasteiger partial charge is 0.496 e. The lowest BCUT2D eigenvalue weighted by molar-refractivity contribution is 0.420. The van der Waals surface area contributed by atoms with E-state index in [0.717, 1.165) is 15.8 Å². The topological polar surface area (TPSA) is 59.0 Å². The smallest absolute Gasteiger partial charge is 0.129 e. The van der Waals surface area contributed by atoms with E-state index in [1.165, 1.54) is 11.3 Å². The molecule has 0 amide bonds. The lowest BCUT2D eigenvalue weighted by atomic mass is 10.2. The Balaban J connectivity index is 2.79. The highest BCUT2D eigenvalue weighted by Gasteiger charge is 2.07. The number of fused-ring (bicyclic) bond motifs is 1. The van der Waals surface area contributed by atoms with Gasteiger partial charge in [0.25, 0.3) is 0 Å². The molecule has 2 aromatic rings. The van der Waals surface area contributed by atoms with Crippen LogP contribution in [0.25, 0.3) is 10.1 Å². The molecule has 2 rings (SSSR count). The van der Waals surface area contributed by atoms with Crippen molar-refractivity contribution in [2.75, 3.05) is 12.8 Å². The number of hydrogen-bond acceptors (Lipinski definition) is 4. The van der Waals surface area contributed by atoms with Crippen LogP contribution in [0.5, 0.6) is 5.75 Å². The first kappa shape index (κ1) is 8.85. The molecule has 0 radical (unpaired) electrons. The van der Waals surface area contributed by atoms with Gasteiger partial charge in [0, 0.05) is 21.8 Å². The molecular formula is C10H8N2OS. The fourth-order valence-corrected chi connectivity index (χ4v) is 2.27. The summed E-state index contributed by atoms with van der Waals surface area (Å²) in [5.74, 6) is 0.720. The van der Waals surface area contributed by atoms with Crippen LogP contribution >= 0.6 is 11.3 Å². The molecule has 1 aromatic heterocycles. The Morgan fingerprint density at radius 2 is 2.21 bits per heavy atom. The monoisotopic (exact) mass is 204 g/mol. The van der Waals surface area contributed by atoms with Crippen LogP contribution in [0.3, 0.4) is 0 Å². The Morgan fingerprint density at radius 3 is 2.86 bits per heavy atom. The summed E-state index contributed by atoms with van der Waals surface area (Å²) in [6, 6.07) is 7.54. The molecule has 0 aliphatic heterocycles. The molecular weight excluding hydrogens is 196 g/mol. The number of nitrogens with two attached hydrogens (primary N) is 1. The summed E-state index contributed by atoms with van der Waals surface area (Å²) in [4.78, 5) is 0.670. The van der Waals surface area contributed by atoms with Crippen molar-refractivity contribution in [3.8, 4) is 11.8 Å². The first-order valence-electron chi connectivity index (χ1n) is 4.01. The summed E-state index contributed by atoms with van der Waals surface area (Å²) in [5, 5.41) is 9.71. The number of ether oxygens (including phenoxy) is 1. The van der Waals surface area contributed by atoms with E-state index in [-0.39, 0.29) is 0 Å². The molecule has 0 atom stereocenters.